The van der Waals surface area contributed by atoms with Gasteiger partial charge in [0, 0.05) is 48.0 Å². The molecule has 2 aliphatic heterocycles. The Hall–Kier alpha value is -5.88. The molecule has 0 bridgehead atoms. The van der Waals surface area contributed by atoms with Crippen LogP contribution in [0.4, 0.5) is 0 Å². The third kappa shape index (κ3) is 15.9. The van der Waals surface area contributed by atoms with Crippen molar-refractivity contribution in [2.24, 2.45) is 29.0 Å². The smallest absolute Gasteiger partial charge is 0.246 e. The third-order valence-corrected chi connectivity index (χ3v) is 14.2. The number of nitrogens with zero attached hydrogens (tertiary/aromatic N) is 1. The molecule has 0 radical (unpaired) electrons. The fourth-order valence-corrected chi connectivity index (χ4v) is 9.96. The average molecular weight is 987 g/mol. The number of primary amides is 2. The van der Waals surface area contributed by atoms with Crippen molar-refractivity contribution in [1.29, 1.82) is 0 Å². The number of aromatic amines is 1. The van der Waals surface area contributed by atoms with Crippen LogP contribution in [0.5, 0.6) is 0 Å². The van der Waals surface area contributed by atoms with Crippen molar-refractivity contribution in [2.45, 2.75) is 121 Å². The van der Waals surface area contributed by atoms with E-state index in [4.69, 9.17) is 17.2 Å². The van der Waals surface area contributed by atoms with Gasteiger partial charge in [-0.1, -0.05) is 73.9 Å². The number of likely N-dealkylation sites (tertiary alicyclic amines) is 1. The van der Waals surface area contributed by atoms with Crippen LogP contribution in [0.25, 0.3) is 10.9 Å². The molecule has 1 unspecified atom stereocenters. The molecule has 0 saturated carbocycles. The van der Waals surface area contributed by atoms with Crippen molar-refractivity contribution in [3.8, 4) is 0 Å². The predicted octanol–water partition coefficient (Wildman–Crippen LogP) is -1.69. The molecule has 68 heavy (non-hydrogen) atoms. The minimum absolute atomic E-state index is 0.0644. The first-order valence-electron chi connectivity index (χ1n) is 22.8. The lowest BCUT2D eigenvalue weighted by molar-refractivity contribution is -0.142. The monoisotopic (exact) mass is 986 g/mol. The summed E-state index contributed by atoms with van der Waals surface area (Å²) in [5, 5.41) is 19.4. The highest BCUT2D eigenvalue weighted by Crippen LogP contribution is 2.26. The number of carbonyl (C=O) groups is 10. The summed E-state index contributed by atoms with van der Waals surface area (Å²) < 4.78 is 0. The van der Waals surface area contributed by atoms with E-state index in [2.05, 4.69) is 42.2 Å². The Kier molecular flexibility index (Phi) is 21.4. The molecule has 14 N–H and O–H groups in total. The molecule has 8 atom stereocenters. The second-order valence-electron chi connectivity index (χ2n) is 17.3. The number of hydrogen-bond donors (Lipinski definition) is 11. The van der Waals surface area contributed by atoms with Gasteiger partial charge in [0.1, 0.15) is 42.3 Å². The number of H-pyrrole nitrogens is 1. The van der Waals surface area contributed by atoms with Crippen LogP contribution in [-0.2, 0) is 54.4 Å². The van der Waals surface area contributed by atoms with Crippen molar-refractivity contribution >= 4 is 91.6 Å². The fraction of sp³-hybridized carbons (Fsp3) is 0.591. The molecule has 1 aromatic carbocycles. The number of hydrogen-bond acceptors (Lipinski definition) is 13. The number of benzene rings is 1. The zero-order valence-electron chi connectivity index (χ0n) is 38.9. The molecule has 2 aromatic rings. The van der Waals surface area contributed by atoms with E-state index in [-0.39, 0.29) is 50.3 Å². The maximum atomic E-state index is 14.5. The second kappa shape index (κ2) is 26.6. The standard InChI is InChI=1S/C44H66N12O10S2/c1-5-24(4)37-43(65)54-36(23(2)3)42(64)52-30(19-33(46)57)39(61)53-31(44(66)56-16-9-13-32(56)41(63)51-28(12-8-15-45)38(60)49-21-34(47)58)22-68-67-17-14-35(59)50-29(40(62)55-37)18-25-20-48-27-11-7-6-10-26(25)27/h6-7,10-11,20,23-24,28-32,36-37,48H,5,8-9,12-19,21-22,45H2,1-4H3,(H2,46,57)(H2,47,58)(H,49,60)(H,50,59)(H,51,63)(H,52,64)(H,53,61)(H,54,65)(H,55,62)/t24-,28-,29+,30-,31-,32-,36-,37?/m0/s1. The normalized spacial score (nSPS) is 23.6. The number of para-hydroxylation sites is 1. The predicted molar refractivity (Wildman–Crippen MR) is 256 cm³/mol. The molecular weight excluding hydrogens is 921 g/mol. The Morgan fingerprint density at radius 3 is 2.22 bits per heavy atom. The molecule has 0 aliphatic carbocycles. The maximum Gasteiger partial charge on any atom is 0.246 e. The quantitative estimate of drug-likeness (QED) is 0.0839. The van der Waals surface area contributed by atoms with Crippen LogP contribution in [0, 0.1) is 11.8 Å². The third-order valence-electron chi connectivity index (χ3n) is 11.8. The Balaban J connectivity index is 1.66. The van der Waals surface area contributed by atoms with Crippen molar-refractivity contribution in [2.75, 3.05) is 31.1 Å². The summed E-state index contributed by atoms with van der Waals surface area (Å²) in [5.41, 5.74) is 18.0. The van der Waals surface area contributed by atoms with Gasteiger partial charge in [0.15, 0.2) is 0 Å². The summed E-state index contributed by atoms with van der Waals surface area (Å²) in [6.07, 6.45) is 2.60. The fourth-order valence-electron chi connectivity index (χ4n) is 7.82. The Bertz CT molecular complexity index is 2160. The first kappa shape index (κ1) is 54.7. The lowest BCUT2D eigenvalue weighted by atomic mass is 9.95. The molecule has 2 aliphatic rings. The average Bonchev–Trinajstić information content (AvgIpc) is 3.96. The first-order valence-corrected chi connectivity index (χ1v) is 25.3. The molecule has 4 rings (SSSR count). The van der Waals surface area contributed by atoms with Gasteiger partial charge < -0.3 is 64.3 Å². The molecule has 1 aromatic heterocycles. The number of fused-ring (bicyclic) bond motifs is 1. The van der Waals surface area contributed by atoms with Crippen molar-refractivity contribution in [1.82, 2.24) is 47.1 Å². The van der Waals surface area contributed by atoms with E-state index in [0.29, 0.717) is 19.3 Å². The van der Waals surface area contributed by atoms with Gasteiger partial charge in [0.25, 0.3) is 0 Å². The Labute approximate surface area is 402 Å². The van der Waals surface area contributed by atoms with Crippen LogP contribution < -0.4 is 54.4 Å². The van der Waals surface area contributed by atoms with Gasteiger partial charge >= 0.3 is 0 Å². The molecule has 2 saturated heterocycles. The van der Waals surface area contributed by atoms with Gasteiger partial charge in [0.05, 0.1) is 13.0 Å². The van der Waals surface area contributed by atoms with Gasteiger partial charge in [-0.3, -0.25) is 47.9 Å². The van der Waals surface area contributed by atoms with Gasteiger partial charge in [-0.25, -0.2) is 0 Å². The second-order valence-corrected chi connectivity index (χ2v) is 19.9. The molecule has 0 spiro atoms. The minimum Gasteiger partial charge on any atom is -0.370 e. The number of amides is 10. The molecule has 10 amide bonds. The lowest BCUT2D eigenvalue weighted by Gasteiger charge is -2.31. The van der Waals surface area contributed by atoms with Crippen LogP contribution in [0.2, 0.25) is 0 Å². The van der Waals surface area contributed by atoms with E-state index in [0.717, 1.165) is 27.3 Å². The van der Waals surface area contributed by atoms with Crippen LogP contribution in [0.15, 0.2) is 30.5 Å². The number of rotatable bonds is 16. The highest BCUT2D eigenvalue weighted by molar-refractivity contribution is 8.76. The number of carbonyl (C=O) groups excluding carboxylic acids is 10. The molecule has 22 nitrogen and oxygen atoms in total. The summed E-state index contributed by atoms with van der Waals surface area (Å²) in [7, 11) is 2.34. The largest absolute Gasteiger partial charge is 0.370 e. The summed E-state index contributed by atoms with van der Waals surface area (Å²) in [4.78, 5) is 139. The molecule has 3 heterocycles. The Morgan fingerprint density at radius 2 is 1.54 bits per heavy atom. The van der Waals surface area contributed by atoms with E-state index < -0.39 is 126 Å². The summed E-state index contributed by atoms with van der Waals surface area (Å²) in [6, 6.07) is -1.23. The molecule has 24 heteroatoms. The summed E-state index contributed by atoms with van der Waals surface area (Å²) >= 11 is 0. The van der Waals surface area contributed by atoms with Crippen molar-refractivity contribution in [3.63, 3.8) is 0 Å². The lowest BCUT2D eigenvalue weighted by Crippen LogP contribution is -2.62. The number of aromatic nitrogens is 1. The highest BCUT2D eigenvalue weighted by Gasteiger charge is 2.41. The number of nitrogens with two attached hydrogens (primary N) is 3. The molecule has 374 valence electrons. The summed E-state index contributed by atoms with van der Waals surface area (Å²) in [6.45, 7) is 6.73. The Morgan fingerprint density at radius 1 is 0.853 bits per heavy atom. The van der Waals surface area contributed by atoms with Gasteiger partial charge in [-0.05, 0) is 55.7 Å². The zero-order chi connectivity index (χ0) is 50.1. The van der Waals surface area contributed by atoms with Crippen LogP contribution in [0.3, 0.4) is 0 Å². The van der Waals surface area contributed by atoms with E-state index >= 15 is 0 Å². The topological polar surface area (TPSA) is 352 Å². The van der Waals surface area contributed by atoms with Gasteiger partial charge in [-0.2, -0.15) is 0 Å². The van der Waals surface area contributed by atoms with Gasteiger partial charge in [-0.15, -0.1) is 0 Å². The van der Waals surface area contributed by atoms with Gasteiger partial charge in [0.2, 0.25) is 59.1 Å². The van der Waals surface area contributed by atoms with Crippen LogP contribution >= 0.6 is 21.6 Å². The van der Waals surface area contributed by atoms with E-state index in [1.807, 2.05) is 31.2 Å². The zero-order valence-corrected chi connectivity index (χ0v) is 40.5. The highest BCUT2D eigenvalue weighted by atomic mass is 33.1. The van der Waals surface area contributed by atoms with Crippen molar-refractivity contribution in [3.05, 3.63) is 36.0 Å². The van der Waals surface area contributed by atoms with Crippen LogP contribution in [-0.4, -0.2) is 142 Å². The first-order chi connectivity index (χ1) is 32.3. The SMILES string of the molecule is CC[C@H](C)C1NC(=O)[C@@H](Cc2c[nH]c3ccccc23)NC(=O)CCSSC[C@@H](C(=O)N2CCC[C@H]2C(=O)N[C@@H](CCCN)C(=O)NCC(N)=O)NC(=O)[C@H](CC(N)=O)NC(=O)[C@H](C(C)C)NC1=O. The molecular formula is C44H66N12O10S2. The molecule has 2 fully saturated rings. The maximum absolute atomic E-state index is 14.5. The van der Waals surface area contributed by atoms with Crippen molar-refractivity contribution < 1.29 is 47.9 Å². The van der Waals surface area contributed by atoms with E-state index in [1.165, 1.54) is 15.7 Å². The number of nitrogens with one attached hydrogen (secondary N) is 8. The van der Waals surface area contributed by atoms with E-state index in [9.17, 15) is 47.9 Å². The van der Waals surface area contributed by atoms with E-state index in [1.54, 1.807) is 27.0 Å². The minimum atomic E-state index is -1.62. The summed E-state index contributed by atoms with van der Waals surface area (Å²) in [5.74, 6) is -8.31. The van der Waals surface area contributed by atoms with Crippen LogP contribution in [0.1, 0.15) is 78.2 Å².